The minimum Gasteiger partial charge on any atom is -0.241 e. The van der Waals surface area contributed by atoms with Crippen LogP contribution >= 0.6 is 11.3 Å². The Hall–Kier alpha value is -1.22. The minimum absolute atomic E-state index is 0.0594. The molecular formula is C14H16FNS. The van der Waals surface area contributed by atoms with Crippen LogP contribution in [-0.4, -0.2) is 4.98 Å². The van der Waals surface area contributed by atoms with Crippen molar-refractivity contribution in [1.82, 2.24) is 4.98 Å². The zero-order valence-corrected chi connectivity index (χ0v) is 11.4. The number of hydrogen-bond acceptors (Lipinski definition) is 2. The van der Waals surface area contributed by atoms with Gasteiger partial charge in [-0.2, -0.15) is 0 Å². The maximum Gasteiger partial charge on any atom is 0.126 e. The summed E-state index contributed by atoms with van der Waals surface area (Å²) in [6.45, 7) is 8.20. The zero-order chi connectivity index (χ0) is 12.6. The van der Waals surface area contributed by atoms with E-state index in [1.54, 1.807) is 24.3 Å². The van der Waals surface area contributed by atoms with E-state index in [0.717, 1.165) is 16.3 Å². The van der Waals surface area contributed by atoms with Crippen LogP contribution in [0.3, 0.4) is 0 Å². The Bertz CT molecular complexity index is 537. The van der Waals surface area contributed by atoms with Gasteiger partial charge in [-0.25, -0.2) is 9.37 Å². The van der Waals surface area contributed by atoms with Gasteiger partial charge >= 0.3 is 0 Å². The zero-order valence-electron chi connectivity index (χ0n) is 10.5. The first-order valence-corrected chi connectivity index (χ1v) is 6.48. The number of halogens is 1. The third-order valence-electron chi connectivity index (χ3n) is 2.68. The molecule has 0 fully saturated rings. The fourth-order valence-corrected chi connectivity index (χ4v) is 2.57. The van der Waals surface area contributed by atoms with Crippen molar-refractivity contribution in [2.75, 3.05) is 0 Å². The van der Waals surface area contributed by atoms with E-state index in [4.69, 9.17) is 0 Å². The number of nitrogens with zero attached hydrogens (tertiary/aromatic N) is 1. The summed E-state index contributed by atoms with van der Waals surface area (Å²) in [5.41, 5.74) is 2.79. The number of benzene rings is 1. The van der Waals surface area contributed by atoms with Gasteiger partial charge in [-0.3, -0.25) is 0 Å². The highest BCUT2D eigenvalue weighted by atomic mass is 32.1. The lowest BCUT2D eigenvalue weighted by Crippen LogP contribution is -2.11. The monoisotopic (exact) mass is 249 g/mol. The molecule has 0 unspecified atom stereocenters. The molecule has 1 aromatic carbocycles. The highest BCUT2D eigenvalue weighted by Gasteiger charge is 2.18. The van der Waals surface area contributed by atoms with Gasteiger partial charge in [0.05, 0.1) is 5.69 Å². The summed E-state index contributed by atoms with van der Waals surface area (Å²) in [4.78, 5) is 4.62. The van der Waals surface area contributed by atoms with E-state index in [1.165, 1.54) is 6.07 Å². The van der Waals surface area contributed by atoms with Crippen LogP contribution in [0, 0.1) is 12.7 Å². The van der Waals surface area contributed by atoms with Crippen LogP contribution in [0.5, 0.6) is 0 Å². The molecule has 0 spiro atoms. The maximum absolute atomic E-state index is 13.2. The van der Waals surface area contributed by atoms with Crippen LogP contribution in [0.4, 0.5) is 4.39 Å². The molecule has 0 aliphatic carbocycles. The van der Waals surface area contributed by atoms with E-state index in [2.05, 4.69) is 31.1 Å². The van der Waals surface area contributed by atoms with Gasteiger partial charge < -0.3 is 0 Å². The highest BCUT2D eigenvalue weighted by Crippen LogP contribution is 2.30. The van der Waals surface area contributed by atoms with Crippen molar-refractivity contribution in [3.63, 3.8) is 0 Å². The number of aryl methyl sites for hydroxylation is 1. The maximum atomic E-state index is 13.2. The molecule has 0 N–H and O–H groups in total. The number of hydrogen-bond donors (Lipinski definition) is 0. The second-order valence-electron chi connectivity index (χ2n) is 5.25. The molecule has 1 heterocycles. The van der Waals surface area contributed by atoms with E-state index in [-0.39, 0.29) is 11.2 Å². The molecule has 0 bridgehead atoms. The molecule has 0 aliphatic heterocycles. The summed E-state index contributed by atoms with van der Waals surface area (Å²) in [5, 5.41) is 3.03. The van der Waals surface area contributed by atoms with Crippen LogP contribution in [0.2, 0.25) is 0 Å². The van der Waals surface area contributed by atoms with Gasteiger partial charge in [0.2, 0.25) is 0 Å². The molecule has 17 heavy (non-hydrogen) atoms. The molecule has 0 saturated heterocycles. The van der Waals surface area contributed by atoms with E-state index in [9.17, 15) is 4.39 Å². The van der Waals surface area contributed by atoms with Crippen molar-refractivity contribution < 1.29 is 4.39 Å². The predicted octanol–water partition coefficient (Wildman–Crippen LogP) is 4.56. The van der Waals surface area contributed by atoms with Crippen LogP contribution in [0.1, 0.15) is 32.0 Å². The fraction of sp³-hybridized carbons (Fsp3) is 0.357. The molecule has 0 amide bonds. The van der Waals surface area contributed by atoms with Crippen LogP contribution in [0.15, 0.2) is 23.6 Å². The van der Waals surface area contributed by atoms with E-state index < -0.39 is 0 Å². The summed E-state index contributed by atoms with van der Waals surface area (Å²) >= 11 is 1.61. The quantitative estimate of drug-likeness (QED) is 0.722. The van der Waals surface area contributed by atoms with E-state index in [0.29, 0.717) is 5.56 Å². The smallest absolute Gasteiger partial charge is 0.126 e. The Morgan fingerprint density at radius 3 is 2.47 bits per heavy atom. The number of thiazole rings is 1. The average Bonchev–Trinajstić information content (AvgIpc) is 2.70. The first kappa shape index (κ1) is 12.2. The summed E-state index contributed by atoms with van der Waals surface area (Å²) in [6.07, 6.45) is 0. The topological polar surface area (TPSA) is 12.9 Å². The van der Waals surface area contributed by atoms with Crippen molar-refractivity contribution in [1.29, 1.82) is 0 Å². The molecule has 3 heteroatoms. The van der Waals surface area contributed by atoms with Gasteiger partial charge in [-0.15, -0.1) is 11.3 Å². The summed E-state index contributed by atoms with van der Waals surface area (Å²) in [6, 6.07) is 5.14. The Morgan fingerprint density at radius 2 is 1.94 bits per heavy atom. The molecule has 1 nitrogen and oxygen atoms in total. The van der Waals surface area contributed by atoms with Gasteiger partial charge in [-0.05, 0) is 30.7 Å². The lowest BCUT2D eigenvalue weighted by Gasteiger charge is -2.14. The number of aromatic nitrogens is 1. The molecule has 0 radical (unpaired) electrons. The van der Waals surface area contributed by atoms with Gasteiger partial charge in [0.1, 0.15) is 10.8 Å². The molecule has 0 atom stereocenters. The van der Waals surface area contributed by atoms with Gasteiger partial charge in [0.25, 0.3) is 0 Å². The fourth-order valence-electron chi connectivity index (χ4n) is 1.53. The first-order valence-electron chi connectivity index (χ1n) is 5.60. The van der Waals surface area contributed by atoms with E-state index in [1.807, 2.05) is 6.07 Å². The van der Waals surface area contributed by atoms with Crippen LogP contribution < -0.4 is 0 Å². The Morgan fingerprint density at radius 1 is 1.24 bits per heavy atom. The summed E-state index contributed by atoms with van der Waals surface area (Å²) in [5.74, 6) is -0.165. The van der Waals surface area contributed by atoms with E-state index >= 15 is 0 Å². The van der Waals surface area contributed by atoms with Gasteiger partial charge in [-0.1, -0.05) is 20.8 Å². The van der Waals surface area contributed by atoms with Crippen LogP contribution in [-0.2, 0) is 5.41 Å². The lowest BCUT2D eigenvalue weighted by molar-refractivity contribution is 0.573. The lowest BCUT2D eigenvalue weighted by atomic mass is 9.93. The summed E-state index contributed by atoms with van der Waals surface area (Å²) < 4.78 is 13.2. The Labute approximate surface area is 105 Å². The molecule has 1 aromatic heterocycles. The standard InChI is InChI=1S/C14H16FNS/c1-9-7-10(5-6-11(9)15)13-16-12(8-17-13)14(2,3)4/h5-8H,1-4H3. The molecule has 90 valence electrons. The highest BCUT2D eigenvalue weighted by molar-refractivity contribution is 7.13. The Balaban J connectivity index is 2.40. The molecule has 0 aliphatic rings. The molecule has 2 rings (SSSR count). The summed E-state index contributed by atoms with van der Waals surface area (Å²) in [7, 11) is 0. The minimum atomic E-state index is -0.165. The van der Waals surface area contributed by atoms with Crippen molar-refractivity contribution >= 4 is 11.3 Å². The largest absolute Gasteiger partial charge is 0.241 e. The van der Waals surface area contributed by atoms with Gasteiger partial charge in [0.15, 0.2) is 0 Å². The second-order valence-corrected chi connectivity index (χ2v) is 6.11. The number of rotatable bonds is 1. The van der Waals surface area contributed by atoms with Crippen LogP contribution in [0.25, 0.3) is 10.6 Å². The first-order chi connectivity index (χ1) is 7.88. The molecular weight excluding hydrogens is 233 g/mol. The average molecular weight is 249 g/mol. The van der Waals surface area contributed by atoms with Crippen molar-refractivity contribution in [3.8, 4) is 10.6 Å². The normalized spacial score (nSPS) is 11.8. The van der Waals surface area contributed by atoms with Gasteiger partial charge in [0, 0.05) is 16.4 Å². The molecule has 0 saturated carbocycles. The third-order valence-corrected chi connectivity index (χ3v) is 3.57. The SMILES string of the molecule is Cc1cc(-c2nc(C(C)(C)C)cs2)ccc1F. The molecule has 2 aromatic rings. The van der Waals surface area contributed by atoms with Crippen molar-refractivity contribution in [2.24, 2.45) is 0 Å². The Kier molecular flexibility index (Phi) is 3.04. The third kappa shape index (κ3) is 2.55. The second kappa shape index (κ2) is 4.22. The predicted molar refractivity (Wildman–Crippen MR) is 70.9 cm³/mol. The van der Waals surface area contributed by atoms with Crippen molar-refractivity contribution in [2.45, 2.75) is 33.1 Å². The van der Waals surface area contributed by atoms with Crippen molar-refractivity contribution in [3.05, 3.63) is 40.7 Å².